The van der Waals surface area contributed by atoms with Gasteiger partial charge in [-0.1, -0.05) is 11.3 Å². The Morgan fingerprint density at radius 3 is 3.25 bits per heavy atom. The van der Waals surface area contributed by atoms with E-state index in [1.807, 2.05) is 18.5 Å². The summed E-state index contributed by atoms with van der Waals surface area (Å²) in [5, 5.41) is 11.6. The highest BCUT2D eigenvalue weighted by atomic mass is 32.1. The number of aromatic nitrogens is 3. The van der Waals surface area contributed by atoms with Crippen LogP contribution in [0, 0.1) is 0 Å². The van der Waals surface area contributed by atoms with Gasteiger partial charge in [0.1, 0.15) is 5.51 Å². The topological polar surface area (TPSA) is 53.6 Å². The van der Waals surface area contributed by atoms with Gasteiger partial charge >= 0.3 is 0 Å². The molecular weight excluding hydrogens is 172 g/mol. The van der Waals surface area contributed by atoms with E-state index >= 15 is 0 Å². The summed E-state index contributed by atoms with van der Waals surface area (Å²) in [6, 6.07) is 2.02. The highest BCUT2D eigenvalue weighted by Gasteiger charge is 1.95. The molecule has 0 radical (unpaired) electrons. The molecule has 2 aromatic heterocycles. The number of hydrogen-bond donors (Lipinski definition) is 2. The van der Waals surface area contributed by atoms with E-state index in [-0.39, 0.29) is 0 Å². The fourth-order valence-corrected chi connectivity index (χ4v) is 1.34. The van der Waals surface area contributed by atoms with Crippen LogP contribution in [0.15, 0.2) is 24.0 Å². The molecule has 2 rings (SSSR count). The summed E-state index contributed by atoms with van der Waals surface area (Å²) in [4.78, 5) is 2.99. The zero-order chi connectivity index (χ0) is 8.23. The molecule has 62 valence electrons. The van der Waals surface area contributed by atoms with Gasteiger partial charge in [0, 0.05) is 18.9 Å². The van der Waals surface area contributed by atoms with Crippen LogP contribution in [0.1, 0.15) is 5.56 Å². The Kier molecular flexibility index (Phi) is 2.04. The molecule has 0 amide bonds. The van der Waals surface area contributed by atoms with E-state index in [9.17, 15) is 0 Å². The van der Waals surface area contributed by atoms with Crippen LogP contribution in [-0.2, 0) is 6.54 Å². The molecule has 0 aliphatic carbocycles. The van der Waals surface area contributed by atoms with Gasteiger partial charge in [0.25, 0.3) is 0 Å². The van der Waals surface area contributed by atoms with Crippen molar-refractivity contribution >= 4 is 16.5 Å². The summed E-state index contributed by atoms with van der Waals surface area (Å²) in [5.41, 5.74) is 2.92. The number of anilines is 1. The fourth-order valence-electron chi connectivity index (χ4n) is 0.896. The number of aromatic amines is 1. The van der Waals surface area contributed by atoms with E-state index < -0.39 is 0 Å². The molecule has 5 heteroatoms. The standard InChI is InChI=1S/C7H8N4S/c1-2-8-3-6(1)4-9-7-11-10-5-12-7/h1-3,5,8H,4H2,(H,9,11). The summed E-state index contributed by atoms with van der Waals surface area (Å²) >= 11 is 1.50. The Bertz CT molecular complexity index is 279. The van der Waals surface area contributed by atoms with Crippen LogP contribution in [0.5, 0.6) is 0 Å². The Hall–Kier alpha value is -1.36. The van der Waals surface area contributed by atoms with Crippen molar-refractivity contribution in [1.82, 2.24) is 15.2 Å². The highest BCUT2D eigenvalue weighted by Crippen LogP contribution is 2.09. The minimum atomic E-state index is 0.790. The second-order valence-corrected chi connectivity index (χ2v) is 3.15. The maximum absolute atomic E-state index is 3.86. The normalized spacial score (nSPS) is 10.0. The first kappa shape index (κ1) is 7.30. The molecular formula is C7H8N4S. The van der Waals surface area contributed by atoms with Crippen molar-refractivity contribution in [2.75, 3.05) is 5.32 Å². The second-order valence-electron chi connectivity index (χ2n) is 2.32. The summed E-state index contributed by atoms with van der Waals surface area (Å²) in [6.07, 6.45) is 3.85. The molecule has 4 nitrogen and oxygen atoms in total. The largest absolute Gasteiger partial charge is 0.367 e. The molecule has 0 atom stereocenters. The van der Waals surface area contributed by atoms with Gasteiger partial charge in [-0.25, -0.2) is 0 Å². The molecule has 0 fully saturated rings. The zero-order valence-electron chi connectivity index (χ0n) is 6.32. The summed E-state index contributed by atoms with van der Waals surface area (Å²) in [7, 11) is 0. The van der Waals surface area contributed by atoms with Gasteiger partial charge in [-0.15, -0.1) is 10.2 Å². The van der Waals surface area contributed by atoms with Gasteiger partial charge in [-0.3, -0.25) is 0 Å². The van der Waals surface area contributed by atoms with Crippen molar-refractivity contribution in [2.45, 2.75) is 6.54 Å². The number of nitrogens with one attached hydrogen (secondary N) is 2. The Balaban J connectivity index is 1.91. The average Bonchev–Trinajstić information content (AvgIpc) is 2.74. The van der Waals surface area contributed by atoms with Crippen molar-refractivity contribution in [3.63, 3.8) is 0 Å². The Morgan fingerprint density at radius 1 is 1.58 bits per heavy atom. The Labute approximate surface area is 73.7 Å². The van der Waals surface area contributed by atoms with E-state index in [2.05, 4.69) is 20.5 Å². The minimum Gasteiger partial charge on any atom is -0.367 e. The first-order chi connectivity index (χ1) is 5.95. The van der Waals surface area contributed by atoms with Crippen LogP contribution in [0.4, 0.5) is 5.13 Å². The lowest BCUT2D eigenvalue weighted by atomic mass is 10.3. The van der Waals surface area contributed by atoms with Crippen LogP contribution in [0.3, 0.4) is 0 Å². The molecule has 2 aromatic rings. The SMILES string of the molecule is c1cc(CNc2nncs2)c[nH]1. The van der Waals surface area contributed by atoms with Gasteiger partial charge < -0.3 is 10.3 Å². The maximum atomic E-state index is 3.86. The monoisotopic (exact) mass is 180 g/mol. The van der Waals surface area contributed by atoms with Crippen LogP contribution < -0.4 is 5.32 Å². The van der Waals surface area contributed by atoms with E-state index in [1.165, 1.54) is 16.9 Å². The molecule has 12 heavy (non-hydrogen) atoms. The average molecular weight is 180 g/mol. The lowest BCUT2D eigenvalue weighted by Crippen LogP contribution is -1.97. The molecule has 2 N–H and O–H groups in total. The van der Waals surface area contributed by atoms with Crippen molar-refractivity contribution in [3.8, 4) is 0 Å². The molecule has 0 spiro atoms. The number of nitrogens with zero attached hydrogens (tertiary/aromatic N) is 2. The zero-order valence-corrected chi connectivity index (χ0v) is 7.14. The smallest absolute Gasteiger partial charge is 0.205 e. The number of H-pyrrole nitrogens is 1. The minimum absolute atomic E-state index is 0.790. The van der Waals surface area contributed by atoms with E-state index in [1.54, 1.807) is 5.51 Å². The van der Waals surface area contributed by atoms with E-state index in [0.717, 1.165) is 11.7 Å². The first-order valence-electron chi connectivity index (χ1n) is 3.57. The molecule has 0 aliphatic heterocycles. The van der Waals surface area contributed by atoms with Crippen LogP contribution in [0.2, 0.25) is 0 Å². The van der Waals surface area contributed by atoms with Crippen LogP contribution >= 0.6 is 11.3 Å². The summed E-state index contributed by atoms with van der Waals surface area (Å²) in [6.45, 7) is 0.790. The third-order valence-corrected chi connectivity index (χ3v) is 2.12. The molecule has 2 heterocycles. The fraction of sp³-hybridized carbons (Fsp3) is 0.143. The molecule has 0 saturated carbocycles. The van der Waals surface area contributed by atoms with Gasteiger partial charge in [0.05, 0.1) is 0 Å². The van der Waals surface area contributed by atoms with Gasteiger partial charge in [0.2, 0.25) is 5.13 Å². The van der Waals surface area contributed by atoms with Crippen molar-refractivity contribution in [3.05, 3.63) is 29.5 Å². The molecule has 0 aliphatic rings. The second kappa shape index (κ2) is 3.36. The maximum Gasteiger partial charge on any atom is 0.205 e. The molecule has 0 bridgehead atoms. The van der Waals surface area contributed by atoms with Crippen molar-refractivity contribution < 1.29 is 0 Å². The van der Waals surface area contributed by atoms with Crippen LogP contribution in [-0.4, -0.2) is 15.2 Å². The van der Waals surface area contributed by atoms with Gasteiger partial charge in [-0.2, -0.15) is 0 Å². The number of hydrogen-bond acceptors (Lipinski definition) is 4. The highest BCUT2D eigenvalue weighted by molar-refractivity contribution is 7.13. The van der Waals surface area contributed by atoms with E-state index in [4.69, 9.17) is 0 Å². The lowest BCUT2D eigenvalue weighted by Gasteiger charge is -1.97. The van der Waals surface area contributed by atoms with Crippen molar-refractivity contribution in [2.24, 2.45) is 0 Å². The van der Waals surface area contributed by atoms with Crippen molar-refractivity contribution in [1.29, 1.82) is 0 Å². The van der Waals surface area contributed by atoms with E-state index in [0.29, 0.717) is 0 Å². The molecule has 0 unspecified atom stereocenters. The third-order valence-electron chi connectivity index (χ3n) is 1.47. The van der Waals surface area contributed by atoms with Gasteiger partial charge in [-0.05, 0) is 11.6 Å². The quantitative estimate of drug-likeness (QED) is 0.752. The Morgan fingerprint density at radius 2 is 2.58 bits per heavy atom. The predicted octanol–water partition coefficient (Wildman–Crippen LogP) is 1.48. The lowest BCUT2D eigenvalue weighted by molar-refractivity contribution is 1.05. The number of rotatable bonds is 3. The molecule has 0 saturated heterocycles. The predicted molar refractivity (Wildman–Crippen MR) is 48.0 cm³/mol. The third kappa shape index (κ3) is 1.62. The van der Waals surface area contributed by atoms with Gasteiger partial charge in [0.15, 0.2) is 0 Å². The van der Waals surface area contributed by atoms with Crippen LogP contribution in [0.25, 0.3) is 0 Å². The molecule has 0 aromatic carbocycles. The summed E-state index contributed by atoms with van der Waals surface area (Å²) < 4.78 is 0. The summed E-state index contributed by atoms with van der Waals surface area (Å²) in [5.74, 6) is 0. The first-order valence-corrected chi connectivity index (χ1v) is 4.45.